The first kappa shape index (κ1) is 12.5. The highest BCUT2D eigenvalue weighted by molar-refractivity contribution is 5.83. The van der Waals surface area contributed by atoms with Crippen molar-refractivity contribution < 1.29 is 4.74 Å². The number of hydrogen-bond acceptors (Lipinski definition) is 3. The number of rotatable bonds is 3. The van der Waals surface area contributed by atoms with Crippen molar-refractivity contribution in [1.82, 2.24) is 4.98 Å². The van der Waals surface area contributed by atoms with E-state index < -0.39 is 0 Å². The molecule has 0 bridgehead atoms. The Hall–Kier alpha value is -2.55. The summed E-state index contributed by atoms with van der Waals surface area (Å²) >= 11 is 0. The highest BCUT2D eigenvalue weighted by Crippen LogP contribution is 2.25. The summed E-state index contributed by atoms with van der Waals surface area (Å²) in [5.74, 6) is 0.821. The van der Waals surface area contributed by atoms with Gasteiger partial charge in [-0.15, -0.1) is 0 Å². The van der Waals surface area contributed by atoms with Gasteiger partial charge in [-0.05, 0) is 35.4 Å². The molecule has 0 atom stereocenters. The third-order valence-electron chi connectivity index (χ3n) is 3.48. The number of para-hydroxylation sites is 1. The monoisotopic (exact) mass is 264 g/mol. The maximum Gasteiger partial charge on any atom is 0.121 e. The molecule has 0 fully saturated rings. The van der Waals surface area contributed by atoms with Crippen LogP contribution in [0, 0.1) is 0 Å². The van der Waals surface area contributed by atoms with E-state index >= 15 is 0 Å². The molecule has 0 saturated heterocycles. The molecule has 0 unspecified atom stereocenters. The molecule has 1 aromatic heterocycles. The lowest BCUT2D eigenvalue weighted by Gasteiger charge is -2.09. The summed E-state index contributed by atoms with van der Waals surface area (Å²) in [6, 6.07) is 16.0. The van der Waals surface area contributed by atoms with Crippen molar-refractivity contribution in [3.63, 3.8) is 0 Å². The largest absolute Gasteiger partial charge is 0.497 e. The predicted octanol–water partition coefficient (Wildman–Crippen LogP) is 3.42. The SMILES string of the molecule is COc1ccc2c(Cc3ccccc3N)ccnc2c1. The van der Waals surface area contributed by atoms with Gasteiger partial charge in [-0.25, -0.2) is 0 Å². The minimum Gasteiger partial charge on any atom is -0.497 e. The summed E-state index contributed by atoms with van der Waals surface area (Å²) in [5, 5.41) is 1.14. The number of nitrogen functional groups attached to an aromatic ring is 1. The predicted molar refractivity (Wildman–Crippen MR) is 82.0 cm³/mol. The van der Waals surface area contributed by atoms with Crippen LogP contribution in [0.1, 0.15) is 11.1 Å². The lowest BCUT2D eigenvalue weighted by molar-refractivity contribution is 0.415. The molecule has 0 aliphatic heterocycles. The van der Waals surface area contributed by atoms with Gasteiger partial charge in [-0.1, -0.05) is 18.2 Å². The van der Waals surface area contributed by atoms with Gasteiger partial charge in [0.2, 0.25) is 0 Å². The number of anilines is 1. The first-order valence-electron chi connectivity index (χ1n) is 6.53. The van der Waals surface area contributed by atoms with Crippen LogP contribution in [-0.2, 0) is 6.42 Å². The number of benzene rings is 2. The van der Waals surface area contributed by atoms with Crippen molar-refractivity contribution in [2.24, 2.45) is 0 Å². The van der Waals surface area contributed by atoms with Crippen molar-refractivity contribution in [1.29, 1.82) is 0 Å². The summed E-state index contributed by atoms with van der Waals surface area (Å²) in [5.41, 5.74) is 10.1. The van der Waals surface area contributed by atoms with Crippen LogP contribution < -0.4 is 10.5 Å². The van der Waals surface area contributed by atoms with Gasteiger partial charge in [-0.2, -0.15) is 0 Å². The first-order chi connectivity index (χ1) is 9.78. The molecule has 3 rings (SSSR count). The fourth-order valence-corrected chi connectivity index (χ4v) is 2.37. The maximum atomic E-state index is 6.02. The zero-order valence-corrected chi connectivity index (χ0v) is 11.3. The number of aromatic nitrogens is 1. The number of hydrogen-bond donors (Lipinski definition) is 1. The molecule has 1 heterocycles. The molecule has 2 aromatic carbocycles. The Morgan fingerprint density at radius 3 is 2.70 bits per heavy atom. The van der Waals surface area contributed by atoms with Gasteiger partial charge in [0, 0.05) is 29.8 Å². The van der Waals surface area contributed by atoms with Gasteiger partial charge in [0.1, 0.15) is 5.75 Å². The average Bonchev–Trinajstić information content (AvgIpc) is 2.49. The van der Waals surface area contributed by atoms with Crippen LogP contribution in [0.2, 0.25) is 0 Å². The van der Waals surface area contributed by atoms with Crippen molar-refractivity contribution in [2.45, 2.75) is 6.42 Å². The molecule has 0 spiro atoms. The molecular weight excluding hydrogens is 248 g/mol. The Bertz CT molecular complexity index is 753. The number of ether oxygens (including phenoxy) is 1. The van der Waals surface area contributed by atoms with E-state index in [0.717, 1.165) is 34.3 Å². The zero-order chi connectivity index (χ0) is 13.9. The third-order valence-corrected chi connectivity index (χ3v) is 3.48. The van der Waals surface area contributed by atoms with Gasteiger partial charge in [0.15, 0.2) is 0 Å². The van der Waals surface area contributed by atoms with E-state index in [2.05, 4.69) is 17.1 Å². The lowest BCUT2D eigenvalue weighted by atomic mass is 10.00. The highest BCUT2D eigenvalue weighted by atomic mass is 16.5. The molecule has 0 aliphatic carbocycles. The number of methoxy groups -OCH3 is 1. The number of nitrogens with zero attached hydrogens (tertiary/aromatic N) is 1. The molecule has 3 heteroatoms. The summed E-state index contributed by atoms with van der Waals surface area (Å²) in [6.07, 6.45) is 2.63. The maximum absolute atomic E-state index is 6.02. The molecule has 20 heavy (non-hydrogen) atoms. The van der Waals surface area contributed by atoms with Gasteiger partial charge in [-0.3, -0.25) is 4.98 Å². The Morgan fingerprint density at radius 2 is 1.90 bits per heavy atom. The summed E-state index contributed by atoms with van der Waals surface area (Å²) < 4.78 is 5.24. The highest BCUT2D eigenvalue weighted by Gasteiger charge is 2.06. The second-order valence-corrected chi connectivity index (χ2v) is 4.73. The zero-order valence-electron chi connectivity index (χ0n) is 11.3. The van der Waals surface area contributed by atoms with Gasteiger partial charge in [0.05, 0.1) is 12.6 Å². The van der Waals surface area contributed by atoms with Crippen molar-refractivity contribution >= 4 is 16.6 Å². The van der Waals surface area contributed by atoms with Crippen LogP contribution in [0.25, 0.3) is 10.9 Å². The molecule has 2 N–H and O–H groups in total. The number of nitrogens with two attached hydrogens (primary N) is 1. The summed E-state index contributed by atoms with van der Waals surface area (Å²) in [4.78, 5) is 4.40. The molecule has 0 saturated carbocycles. The average molecular weight is 264 g/mol. The standard InChI is InChI=1S/C17H16N2O/c1-20-14-6-7-15-12(8-9-19-17(15)11-14)10-13-4-2-3-5-16(13)18/h2-9,11H,10,18H2,1H3. The van der Waals surface area contributed by atoms with Gasteiger partial charge in [0.25, 0.3) is 0 Å². The Labute approximate surface area is 118 Å². The summed E-state index contributed by atoms with van der Waals surface area (Å²) in [6.45, 7) is 0. The quantitative estimate of drug-likeness (QED) is 0.737. The minimum atomic E-state index is 0.804. The Kier molecular flexibility index (Phi) is 3.25. The third kappa shape index (κ3) is 2.30. The van der Waals surface area contributed by atoms with E-state index in [0.29, 0.717) is 0 Å². The minimum absolute atomic E-state index is 0.804. The lowest BCUT2D eigenvalue weighted by Crippen LogP contribution is -1.96. The Balaban J connectivity index is 2.06. The van der Waals surface area contributed by atoms with Crippen LogP contribution in [0.4, 0.5) is 5.69 Å². The van der Waals surface area contributed by atoms with E-state index in [1.165, 1.54) is 5.56 Å². The fourth-order valence-electron chi connectivity index (χ4n) is 2.37. The van der Waals surface area contributed by atoms with Crippen molar-refractivity contribution in [2.75, 3.05) is 12.8 Å². The van der Waals surface area contributed by atoms with Crippen LogP contribution in [-0.4, -0.2) is 12.1 Å². The smallest absolute Gasteiger partial charge is 0.121 e. The number of fused-ring (bicyclic) bond motifs is 1. The van der Waals surface area contributed by atoms with Crippen LogP contribution in [0.5, 0.6) is 5.75 Å². The van der Waals surface area contributed by atoms with E-state index in [4.69, 9.17) is 10.5 Å². The van der Waals surface area contributed by atoms with E-state index in [9.17, 15) is 0 Å². The van der Waals surface area contributed by atoms with Crippen LogP contribution in [0.15, 0.2) is 54.7 Å². The molecule has 3 aromatic rings. The van der Waals surface area contributed by atoms with Gasteiger partial charge < -0.3 is 10.5 Å². The Morgan fingerprint density at radius 1 is 1.05 bits per heavy atom. The van der Waals surface area contributed by atoms with Crippen molar-refractivity contribution in [3.8, 4) is 5.75 Å². The second kappa shape index (κ2) is 5.21. The molecule has 100 valence electrons. The van der Waals surface area contributed by atoms with Crippen molar-refractivity contribution in [3.05, 3.63) is 65.9 Å². The van der Waals surface area contributed by atoms with E-state index in [1.807, 2.05) is 42.6 Å². The van der Waals surface area contributed by atoms with Crippen LogP contribution in [0.3, 0.4) is 0 Å². The first-order valence-corrected chi connectivity index (χ1v) is 6.53. The molecular formula is C17H16N2O. The second-order valence-electron chi connectivity index (χ2n) is 4.73. The molecule has 0 amide bonds. The van der Waals surface area contributed by atoms with Crippen LogP contribution >= 0.6 is 0 Å². The summed E-state index contributed by atoms with van der Waals surface area (Å²) in [7, 11) is 1.66. The molecule has 0 radical (unpaired) electrons. The topological polar surface area (TPSA) is 48.1 Å². The number of pyridine rings is 1. The fraction of sp³-hybridized carbons (Fsp3) is 0.118. The van der Waals surface area contributed by atoms with Gasteiger partial charge >= 0.3 is 0 Å². The normalized spacial score (nSPS) is 10.7. The molecule has 3 nitrogen and oxygen atoms in total. The van der Waals surface area contributed by atoms with E-state index in [-0.39, 0.29) is 0 Å². The van der Waals surface area contributed by atoms with E-state index in [1.54, 1.807) is 7.11 Å². The molecule has 0 aliphatic rings.